The predicted molar refractivity (Wildman–Crippen MR) is 225 cm³/mol. The van der Waals surface area contributed by atoms with Crippen molar-refractivity contribution in [2.75, 3.05) is 72.4 Å². The zero-order valence-electron chi connectivity index (χ0n) is 34.5. The predicted octanol–water partition coefficient (Wildman–Crippen LogP) is 5.56. The van der Waals surface area contributed by atoms with Crippen LogP contribution in [-0.2, 0) is 16.6 Å². The highest BCUT2D eigenvalue weighted by Crippen LogP contribution is 2.39. The van der Waals surface area contributed by atoms with Crippen LogP contribution < -0.4 is 30.1 Å². The van der Waals surface area contributed by atoms with Crippen LogP contribution in [0.4, 0.5) is 35.9 Å². The summed E-state index contributed by atoms with van der Waals surface area (Å²) in [4.78, 5) is 55.3. The number of piperidine rings is 2. The topological polar surface area (TPSA) is 141 Å². The van der Waals surface area contributed by atoms with Gasteiger partial charge < -0.3 is 24.8 Å². The van der Waals surface area contributed by atoms with Crippen LogP contribution in [0.2, 0.25) is 0 Å². The molecule has 0 spiro atoms. The first-order chi connectivity index (χ1) is 29.4. The minimum absolute atomic E-state index is 0.00510. The van der Waals surface area contributed by atoms with Crippen molar-refractivity contribution < 1.29 is 32.3 Å². The zero-order chi connectivity index (χ0) is 42.5. The van der Waals surface area contributed by atoms with Gasteiger partial charge in [-0.1, -0.05) is 6.92 Å². The highest BCUT2D eigenvalue weighted by molar-refractivity contribution is 6.19. The summed E-state index contributed by atoms with van der Waals surface area (Å²) in [5.41, 5.74) is 5.07. The van der Waals surface area contributed by atoms with Crippen LogP contribution in [0.15, 0.2) is 53.7 Å². The summed E-state index contributed by atoms with van der Waals surface area (Å²) in [5.74, 6) is -3.11. The number of anilines is 4. The fourth-order valence-corrected chi connectivity index (χ4v) is 9.39. The van der Waals surface area contributed by atoms with Crippen LogP contribution in [0, 0.1) is 24.5 Å². The van der Waals surface area contributed by atoms with Crippen LogP contribution >= 0.6 is 0 Å². The monoisotopic (exact) mass is 838 g/mol. The van der Waals surface area contributed by atoms with Crippen molar-refractivity contribution >= 4 is 46.4 Å². The molecule has 5 aliphatic rings. The van der Waals surface area contributed by atoms with Crippen molar-refractivity contribution in [2.24, 2.45) is 18.0 Å². The van der Waals surface area contributed by atoms with E-state index < -0.39 is 41.4 Å². The zero-order valence-corrected chi connectivity index (χ0v) is 34.5. The number of benzene rings is 2. The molecule has 4 atom stereocenters. The number of rotatable bonds is 4. The Morgan fingerprint density at radius 2 is 1.66 bits per heavy atom. The maximum Gasteiger partial charge on any atom is 0.280 e. The molecule has 2 N–H and O–H groups in total. The van der Waals surface area contributed by atoms with Gasteiger partial charge in [-0.2, -0.15) is 10.1 Å². The van der Waals surface area contributed by atoms with Crippen molar-refractivity contribution in [1.82, 2.24) is 25.0 Å². The van der Waals surface area contributed by atoms with Gasteiger partial charge in [0.15, 0.2) is 0 Å². The molecule has 17 heteroatoms. The number of aliphatic imine (C=N–C) groups is 1. The Balaban J connectivity index is 0.871. The van der Waals surface area contributed by atoms with Gasteiger partial charge in [-0.25, -0.2) is 17.9 Å². The number of pyridine rings is 1. The molecule has 0 aliphatic carbocycles. The van der Waals surface area contributed by atoms with Gasteiger partial charge >= 0.3 is 0 Å². The van der Waals surface area contributed by atoms with Crippen molar-refractivity contribution in [3.8, 4) is 17.1 Å². The average Bonchev–Trinajstić information content (AvgIpc) is 3.77. The van der Waals surface area contributed by atoms with E-state index in [1.807, 2.05) is 20.0 Å². The molecule has 5 aliphatic heterocycles. The normalized spacial score (nSPS) is 24.7. The van der Waals surface area contributed by atoms with E-state index in [1.54, 1.807) is 27.9 Å². The first kappa shape index (κ1) is 40.4. The van der Waals surface area contributed by atoms with Gasteiger partial charge in [0.05, 0.1) is 47.9 Å². The molecule has 0 unspecified atom stereocenters. The second kappa shape index (κ2) is 16.5. The van der Waals surface area contributed by atoms with Gasteiger partial charge in [-0.15, -0.1) is 0 Å². The number of nitrogens with one attached hydrogen (secondary N) is 2. The number of hydrogen-bond acceptors (Lipinski definition) is 11. The number of carbonyl (C=O) groups excluding carboxylic acids is 3. The van der Waals surface area contributed by atoms with Crippen LogP contribution in [-0.4, -0.2) is 108 Å². The first-order valence-electron chi connectivity index (χ1n) is 21.1. The molecular weight excluding hydrogens is 790 g/mol. The molecule has 14 nitrogen and oxygen atoms in total. The molecule has 0 radical (unpaired) electrons. The maximum absolute atomic E-state index is 16.0. The Hall–Kier alpha value is -5.97. The smallest absolute Gasteiger partial charge is 0.280 e. The van der Waals surface area contributed by atoms with E-state index >= 15 is 13.2 Å². The van der Waals surface area contributed by atoms with E-state index in [9.17, 15) is 14.4 Å². The summed E-state index contributed by atoms with van der Waals surface area (Å²) >= 11 is 0. The summed E-state index contributed by atoms with van der Waals surface area (Å²) in [6.07, 6.45) is 2.67. The number of alkyl halides is 1. The van der Waals surface area contributed by atoms with E-state index in [4.69, 9.17) is 9.72 Å². The summed E-state index contributed by atoms with van der Waals surface area (Å²) < 4.78 is 54.5. The number of imide groups is 1. The van der Waals surface area contributed by atoms with Crippen LogP contribution in [0.3, 0.4) is 0 Å². The molecule has 2 aromatic heterocycles. The Morgan fingerprint density at radius 1 is 0.869 bits per heavy atom. The number of ether oxygens (including phenoxy) is 1. The highest BCUT2D eigenvalue weighted by Gasteiger charge is 2.38. The number of nitrogens with zero attached hydrogens (tertiary/aromatic N) is 8. The third-order valence-corrected chi connectivity index (χ3v) is 12.6. The molecule has 2 bridgehead atoms. The average molecular weight is 839 g/mol. The Kier molecular flexibility index (Phi) is 10.9. The van der Waals surface area contributed by atoms with E-state index in [0.717, 1.165) is 47.6 Å². The van der Waals surface area contributed by atoms with E-state index in [-0.39, 0.29) is 42.6 Å². The lowest BCUT2D eigenvalue weighted by molar-refractivity contribution is -0.134. The third kappa shape index (κ3) is 8.02. The number of halogens is 3. The molecule has 4 aromatic rings. The quantitative estimate of drug-likeness (QED) is 0.250. The number of amides is 3. The number of guanidine groups is 1. The number of hydrogen-bond donors (Lipinski definition) is 2. The van der Waals surface area contributed by atoms with Gasteiger partial charge in [0, 0.05) is 87.0 Å². The molecule has 7 heterocycles. The van der Waals surface area contributed by atoms with Gasteiger partial charge in [-0.3, -0.25) is 29.6 Å². The SMILES string of the molecule is Cc1cc2cc(n1)-c1cnn(C)c1OCCC[C@@H](C)CN1/C(=N/C2=O)Nc2ccc(N3CCN([C@@H]4CCN(c5cc(F)c([C@H]6CCC(=O)NC6=O)c(F)c5)C[C@@H]4F)CC3)cc21. The Morgan fingerprint density at radius 3 is 2.41 bits per heavy atom. The van der Waals surface area contributed by atoms with E-state index in [0.29, 0.717) is 81.1 Å². The minimum Gasteiger partial charge on any atom is -0.477 e. The van der Waals surface area contributed by atoms with Crippen LogP contribution in [0.1, 0.15) is 66.6 Å². The molecule has 3 fully saturated rings. The molecule has 0 saturated carbocycles. The fourth-order valence-electron chi connectivity index (χ4n) is 9.39. The first-order valence-corrected chi connectivity index (χ1v) is 21.1. The second-order valence-corrected chi connectivity index (χ2v) is 16.8. The van der Waals surface area contributed by atoms with Gasteiger partial charge in [0.25, 0.3) is 5.91 Å². The molecule has 320 valence electrons. The minimum atomic E-state index is -1.25. The molecule has 61 heavy (non-hydrogen) atoms. The lowest BCUT2D eigenvalue weighted by Crippen LogP contribution is -2.58. The van der Waals surface area contributed by atoms with Crippen molar-refractivity contribution in [3.63, 3.8) is 0 Å². The Bertz CT molecular complexity index is 2390. The van der Waals surface area contributed by atoms with E-state index in [2.05, 4.69) is 54.5 Å². The van der Waals surface area contributed by atoms with Crippen LogP contribution in [0.25, 0.3) is 11.3 Å². The molecule has 3 amide bonds. The summed E-state index contributed by atoms with van der Waals surface area (Å²) in [6, 6.07) is 11.7. The molecule has 9 rings (SSSR count). The van der Waals surface area contributed by atoms with Crippen molar-refractivity contribution in [1.29, 1.82) is 0 Å². The molecular formula is C44H49F3N10O4. The van der Waals surface area contributed by atoms with E-state index in [1.165, 1.54) is 0 Å². The molecule has 3 saturated heterocycles. The third-order valence-electron chi connectivity index (χ3n) is 12.6. The lowest BCUT2D eigenvalue weighted by Gasteiger charge is -2.45. The summed E-state index contributed by atoms with van der Waals surface area (Å²) in [5, 5.41) is 9.95. The Labute approximate surface area is 351 Å². The van der Waals surface area contributed by atoms with Crippen molar-refractivity contribution in [3.05, 3.63) is 77.1 Å². The number of fused-ring (bicyclic) bond motifs is 7. The van der Waals surface area contributed by atoms with Gasteiger partial charge in [-0.05, 0) is 81.0 Å². The standard InChI is InChI=1S/C44H49F3N10O4/c1-25-5-4-16-61-43-31(22-48-53(43)3)36-18-27(17-26(2)49-36)41(59)52-44-50-35-8-6-28(21-38(35)57(44)23-25)54-12-14-55(15-13-54)37-10-11-56(24-34(37)47)29-19-32(45)40(33(46)20-29)30-7-9-39(58)51-42(30)60/h6,8,17-22,25,30,34,37H,4-5,7,9-16,23-24H2,1-3H3,(H,50,52,59)(H,51,58,60)/t25-,30-,34+,37-/m1/s1. The number of carbonyl (C=O) groups is 3. The highest BCUT2D eigenvalue weighted by atomic mass is 19.1. The van der Waals surface area contributed by atoms with Crippen molar-refractivity contribution in [2.45, 2.75) is 64.1 Å². The largest absolute Gasteiger partial charge is 0.477 e. The maximum atomic E-state index is 16.0. The number of piperazine rings is 1. The summed E-state index contributed by atoms with van der Waals surface area (Å²) in [7, 11) is 1.83. The number of aryl methyl sites for hydroxylation is 2. The van der Waals surface area contributed by atoms with Gasteiger partial charge in [0.1, 0.15) is 17.8 Å². The summed E-state index contributed by atoms with van der Waals surface area (Å²) in [6.45, 7) is 8.20. The lowest BCUT2D eigenvalue weighted by atomic mass is 9.89. The van der Waals surface area contributed by atoms with Crippen LogP contribution in [0.5, 0.6) is 5.88 Å². The fraction of sp³-hybridized carbons (Fsp3) is 0.455. The second-order valence-electron chi connectivity index (χ2n) is 16.8. The number of aromatic nitrogens is 3. The molecule has 2 aromatic carbocycles. The van der Waals surface area contributed by atoms with Gasteiger partial charge in [0.2, 0.25) is 23.7 Å².